The number of esters is 3. The quantitative estimate of drug-likeness (QED) is 0.0261. The Bertz CT molecular complexity index is 1460. The molecule has 0 amide bonds. The van der Waals surface area contributed by atoms with Crippen LogP contribution in [0.15, 0.2) is 97.2 Å². The smallest absolute Gasteiger partial charge is 0.306 e. The van der Waals surface area contributed by atoms with Gasteiger partial charge in [-0.1, -0.05) is 272 Å². The number of carbonyl (C=O) groups is 3. The van der Waals surface area contributed by atoms with Gasteiger partial charge < -0.3 is 14.2 Å². The van der Waals surface area contributed by atoms with Crippen LogP contribution in [0.3, 0.4) is 0 Å². The topological polar surface area (TPSA) is 78.9 Å². The fourth-order valence-electron chi connectivity index (χ4n) is 8.65. The molecule has 0 N–H and O–H groups in total. The number of hydrogen-bond donors (Lipinski definition) is 0. The minimum absolute atomic E-state index is 0.0874. The second kappa shape index (κ2) is 61.9. The zero-order chi connectivity index (χ0) is 53.6. The fourth-order valence-corrected chi connectivity index (χ4v) is 8.65. The second-order valence-electron chi connectivity index (χ2n) is 20.6. The Hall–Kier alpha value is -3.67. The minimum atomic E-state index is -0.794. The summed E-state index contributed by atoms with van der Waals surface area (Å²) in [7, 11) is 0. The molecule has 0 heterocycles. The predicted octanol–water partition coefficient (Wildman–Crippen LogP) is 21.3. The molecule has 424 valence electrons. The number of ether oxygens (including phenoxy) is 3. The van der Waals surface area contributed by atoms with E-state index in [4.69, 9.17) is 14.2 Å². The molecule has 0 saturated carbocycles. The van der Waals surface area contributed by atoms with Crippen molar-refractivity contribution in [1.82, 2.24) is 0 Å². The van der Waals surface area contributed by atoms with Gasteiger partial charge in [-0.3, -0.25) is 14.4 Å². The highest BCUT2D eigenvalue weighted by atomic mass is 16.6. The van der Waals surface area contributed by atoms with E-state index in [2.05, 4.69) is 118 Å². The molecule has 0 aromatic heterocycles. The van der Waals surface area contributed by atoms with Crippen LogP contribution >= 0.6 is 0 Å². The number of rotatable bonds is 56. The Kier molecular flexibility index (Phi) is 58.8. The first-order valence-electron chi connectivity index (χ1n) is 31.2. The maximum absolute atomic E-state index is 12.9. The molecular weight excluding hydrogens is 913 g/mol. The fraction of sp³-hybridized carbons (Fsp3) is 0.721. The molecular formula is C68H116O6. The summed E-state index contributed by atoms with van der Waals surface area (Å²) in [5.41, 5.74) is 0. The van der Waals surface area contributed by atoms with E-state index < -0.39 is 6.10 Å². The molecule has 0 aliphatic carbocycles. The number of unbranched alkanes of at least 4 members (excludes halogenated alkanes) is 29. The van der Waals surface area contributed by atoms with Crippen LogP contribution in [0.2, 0.25) is 0 Å². The van der Waals surface area contributed by atoms with Gasteiger partial charge in [0.2, 0.25) is 0 Å². The molecule has 0 radical (unpaired) electrons. The van der Waals surface area contributed by atoms with Gasteiger partial charge in [0, 0.05) is 19.3 Å². The summed E-state index contributed by atoms with van der Waals surface area (Å²) in [6.07, 6.45) is 82.5. The molecule has 74 heavy (non-hydrogen) atoms. The molecule has 0 aromatic carbocycles. The first-order chi connectivity index (χ1) is 36.5. The van der Waals surface area contributed by atoms with Gasteiger partial charge in [0.05, 0.1) is 0 Å². The molecule has 6 nitrogen and oxygen atoms in total. The van der Waals surface area contributed by atoms with Crippen molar-refractivity contribution in [3.63, 3.8) is 0 Å². The third-order valence-corrected chi connectivity index (χ3v) is 13.3. The summed E-state index contributed by atoms with van der Waals surface area (Å²) >= 11 is 0. The van der Waals surface area contributed by atoms with Crippen LogP contribution in [0.25, 0.3) is 0 Å². The van der Waals surface area contributed by atoms with Crippen LogP contribution in [-0.4, -0.2) is 37.2 Å². The highest BCUT2D eigenvalue weighted by Crippen LogP contribution is 2.16. The van der Waals surface area contributed by atoms with Gasteiger partial charge in [-0.05, 0) is 103 Å². The van der Waals surface area contributed by atoms with E-state index in [0.717, 1.165) is 135 Å². The Morgan fingerprint density at radius 3 is 0.851 bits per heavy atom. The number of hydrogen-bond acceptors (Lipinski definition) is 6. The third-order valence-electron chi connectivity index (χ3n) is 13.3. The molecule has 0 aliphatic rings. The summed E-state index contributed by atoms with van der Waals surface area (Å²) in [4.78, 5) is 38.3. The molecule has 6 heteroatoms. The van der Waals surface area contributed by atoms with Crippen molar-refractivity contribution in [2.45, 2.75) is 303 Å². The van der Waals surface area contributed by atoms with E-state index in [0.29, 0.717) is 19.3 Å². The minimum Gasteiger partial charge on any atom is -0.462 e. The molecule has 0 fully saturated rings. The molecule has 0 bridgehead atoms. The van der Waals surface area contributed by atoms with Crippen LogP contribution in [0.5, 0.6) is 0 Å². The van der Waals surface area contributed by atoms with E-state index in [1.54, 1.807) is 0 Å². The Morgan fingerprint density at radius 2 is 0.527 bits per heavy atom. The Balaban J connectivity index is 4.44. The highest BCUT2D eigenvalue weighted by molar-refractivity contribution is 5.71. The lowest BCUT2D eigenvalue weighted by Gasteiger charge is -2.18. The van der Waals surface area contributed by atoms with Crippen molar-refractivity contribution in [3.8, 4) is 0 Å². The van der Waals surface area contributed by atoms with Crippen LogP contribution < -0.4 is 0 Å². The monoisotopic (exact) mass is 1030 g/mol. The van der Waals surface area contributed by atoms with Crippen molar-refractivity contribution in [3.05, 3.63) is 97.2 Å². The maximum atomic E-state index is 12.9. The van der Waals surface area contributed by atoms with E-state index in [9.17, 15) is 14.4 Å². The molecule has 0 rings (SSSR count). The van der Waals surface area contributed by atoms with Crippen molar-refractivity contribution in [2.75, 3.05) is 13.2 Å². The van der Waals surface area contributed by atoms with E-state index in [1.807, 2.05) is 0 Å². The van der Waals surface area contributed by atoms with Gasteiger partial charge in [-0.25, -0.2) is 0 Å². The van der Waals surface area contributed by atoms with Crippen LogP contribution in [0.4, 0.5) is 0 Å². The highest BCUT2D eigenvalue weighted by Gasteiger charge is 2.19. The summed E-state index contributed by atoms with van der Waals surface area (Å²) in [5, 5.41) is 0. The standard InChI is InChI=1S/C68H116O6/c1-4-7-10-13-16-19-22-25-28-31-33-34-36-37-40-43-46-49-52-55-58-61-67(70)73-64-65(63-72-66(69)60-57-54-51-48-45-42-39-30-27-24-21-18-15-12-9-6-3)74-68(71)62-59-56-53-50-47-44-41-38-35-32-29-26-23-20-17-14-11-8-5-2/h7,10,16-17,19-20,25-26,28-29,33-35,37-38,40,65H,4-6,8-9,11-15,18,21-24,27,30-32,36,39,41-64H2,1-3H3/b10-7-,19-16-,20-17-,28-25-,29-26-,34-33-,38-35-,40-37-. The SMILES string of the molecule is CC/C=C\C/C=C\C/C=C\C/C=C\C/C=C\CCCCCCCC(=O)OCC(COC(=O)CCCCCCCCCCCCCCCCCC)OC(=O)CCCCCCCC/C=C\C/C=C\C/C=C\CCCCC. The van der Waals surface area contributed by atoms with E-state index >= 15 is 0 Å². The summed E-state index contributed by atoms with van der Waals surface area (Å²) in [5.74, 6) is -0.910. The lowest BCUT2D eigenvalue weighted by atomic mass is 10.0. The average molecular weight is 1030 g/mol. The predicted molar refractivity (Wildman–Crippen MR) is 320 cm³/mol. The summed E-state index contributed by atoms with van der Waals surface area (Å²) < 4.78 is 16.9. The van der Waals surface area contributed by atoms with Gasteiger partial charge >= 0.3 is 17.9 Å². The zero-order valence-corrected chi connectivity index (χ0v) is 48.6. The van der Waals surface area contributed by atoms with Gasteiger partial charge in [-0.15, -0.1) is 0 Å². The first-order valence-corrected chi connectivity index (χ1v) is 31.2. The van der Waals surface area contributed by atoms with Crippen LogP contribution in [-0.2, 0) is 28.6 Å². The zero-order valence-electron chi connectivity index (χ0n) is 48.6. The van der Waals surface area contributed by atoms with Crippen molar-refractivity contribution in [2.24, 2.45) is 0 Å². The molecule has 0 spiro atoms. The second-order valence-corrected chi connectivity index (χ2v) is 20.6. The van der Waals surface area contributed by atoms with Gasteiger partial charge in [0.25, 0.3) is 0 Å². The summed E-state index contributed by atoms with van der Waals surface area (Å²) in [6.45, 7) is 6.50. The molecule has 0 aliphatic heterocycles. The van der Waals surface area contributed by atoms with Crippen LogP contribution in [0.1, 0.15) is 297 Å². The maximum Gasteiger partial charge on any atom is 0.306 e. The average Bonchev–Trinajstić information content (AvgIpc) is 3.40. The van der Waals surface area contributed by atoms with Gasteiger partial charge in [-0.2, -0.15) is 0 Å². The normalized spacial score (nSPS) is 12.7. The molecule has 0 aromatic rings. The largest absolute Gasteiger partial charge is 0.462 e. The molecule has 1 atom stereocenters. The van der Waals surface area contributed by atoms with Gasteiger partial charge in [0.1, 0.15) is 13.2 Å². The molecule has 0 saturated heterocycles. The Morgan fingerprint density at radius 1 is 0.284 bits per heavy atom. The Labute approximate surface area is 457 Å². The van der Waals surface area contributed by atoms with Crippen molar-refractivity contribution >= 4 is 17.9 Å². The number of allylic oxidation sites excluding steroid dienone is 16. The van der Waals surface area contributed by atoms with Crippen LogP contribution in [0, 0.1) is 0 Å². The lowest BCUT2D eigenvalue weighted by Crippen LogP contribution is -2.30. The van der Waals surface area contributed by atoms with Crippen molar-refractivity contribution in [1.29, 1.82) is 0 Å². The summed E-state index contributed by atoms with van der Waals surface area (Å²) in [6, 6.07) is 0. The number of carbonyl (C=O) groups excluding carboxylic acids is 3. The first kappa shape index (κ1) is 70.3. The van der Waals surface area contributed by atoms with E-state index in [1.165, 1.54) is 122 Å². The van der Waals surface area contributed by atoms with Gasteiger partial charge in [0.15, 0.2) is 6.10 Å². The van der Waals surface area contributed by atoms with E-state index in [-0.39, 0.29) is 31.1 Å². The molecule has 1 unspecified atom stereocenters. The third kappa shape index (κ3) is 59.2. The lowest BCUT2D eigenvalue weighted by molar-refractivity contribution is -0.167. The van der Waals surface area contributed by atoms with Crippen molar-refractivity contribution < 1.29 is 28.6 Å².